The lowest BCUT2D eigenvalue weighted by molar-refractivity contribution is -0.153. The summed E-state index contributed by atoms with van der Waals surface area (Å²) in [5.74, 6) is -1.28. The molecular weight excluding hydrogens is 520 g/mol. The van der Waals surface area contributed by atoms with E-state index < -0.39 is 41.3 Å². The van der Waals surface area contributed by atoms with E-state index in [1.54, 1.807) is 47.6 Å². The van der Waals surface area contributed by atoms with Gasteiger partial charge < -0.3 is 29.3 Å². The molecule has 0 saturated heterocycles. The Balaban J connectivity index is 2.07. The van der Waals surface area contributed by atoms with Crippen molar-refractivity contribution in [1.29, 1.82) is 0 Å². The number of allylic oxidation sites excluding steroid dienone is 1. The molecule has 1 aliphatic heterocycles. The molecule has 0 bridgehead atoms. The van der Waals surface area contributed by atoms with Gasteiger partial charge in [0.25, 0.3) is 5.91 Å². The fraction of sp³-hybridized carbons (Fsp3) is 0.643. The molecule has 2 N–H and O–H groups in total. The molecule has 0 fully saturated rings. The van der Waals surface area contributed by atoms with Crippen LogP contribution in [0.1, 0.15) is 86.2 Å². The predicted molar refractivity (Wildman–Crippen MR) is 146 cm³/mol. The zero-order valence-corrected chi connectivity index (χ0v) is 24.7. The minimum Gasteiger partial charge on any atom is -0.473 e. The van der Waals surface area contributed by atoms with Crippen LogP contribution in [0, 0.1) is 5.92 Å². The summed E-state index contributed by atoms with van der Waals surface area (Å²) in [6.07, 6.45) is 5.33. The number of aromatic nitrogens is 1. The van der Waals surface area contributed by atoms with Gasteiger partial charge in [0.1, 0.15) is 36.4 Å². The lowest BCUT2D eigenvalue weighted by Crippen LogP contribution is -2.53. The Labute approximate surface area is 235 Å². The molecule has 0 aliphatic carbocycles. The van der Waals surface area contributed by atoms with Crippen LogP contribution in [0.25, 0.3) is 0 Å². The SMILES string of the molecule is CCC/C=C/C(CC(C)=O)OC(=O)[C@@H](NC(=O)[C@]1(C)COC(c2coc(CNC(=O)OC(C)(C)C)n2)=N1)C(C)C. The number of esters is 1. The van der Waals surface area contributed by atoms with Crippen molar-refractivity contribution in [2.45, 2.75) is 104 Å². The van der Waals surface area contributed by atoms with Crippen molar-refractivity contribution in [2.75, 3.05) is 6.61 Å². The maximum atomic E-state index is 13.3. The highest BCUT2D eigenvalue weighted by atomic mass is 16.6. The number of aliphatic imine (C=N–C) groups is 1. The first-order valence-electron chi connectivity index (χ1n) is 13.5. The van der Waals surface area contributed by atoms with Crippen molar-refractivity contribution < 1.29 is 37.8 Å². The predicted octanol–water partition coefficient (Wildman–Crippen LogP) is 3.62. The summed E-state index contributed by atoms with van der Waals surface area (Å²) in [6.45, 7) is 13.7. The van der Waals surface area contributed by atoms with Gasteiger partial charge in [-0.2, -0.15) is 0 Å². The zero-order valence-electron chi connectivity index (χ0n) is 24.7. The van der Waals surface area contributed by atoms with Gasteiger partial charge in [0.15, 0.2) is 11.2 Å². The highest BCUT2D eigenvalue weighted by molar-refractivity contribution is 5.99. The van der Waals surface area contributed by atoms with Gasteiger partial charge in [-0.25, -0.2) is 19.6 Å². The maximum absolute atomic E-state index is 13.3. The van der Waals surface area contributed by atoms with E-state index in [2.05, 4.69) is 20.6 Å². The largest absolute Gasteiger partial charge is 0.473 e. The van der Waals surface area contributed by atoms with E-state index in [0.29, 0.717) is 0 Å². The van der Waals surface area contributed by atoms with Crippen LogP contribution in [0.4, 0.5) is 4.79 Å². The van der Waals surface area contributed by atoms with Crippen LogP contribution in [-0.2, 0) is 35.1 Å². The lowest BCUT2D eigenvalue weighted by Gasteiger charge is -2.26. The summed E-state index contributed by atoms with van der Waals surface area (Å²) >= 11 is 0. The van der Waals surface area contributed by atoms with Gasteiger partial charge in [-0.05, 0) is 53.0 Å². The summed E-state index contributed by atoms with van der Waals surface area (Å²) in [5, 5.41) is 5.28. The lowest BCUT2D eigenvalue weighted by atomic mass is 10.00. The second-order valence-corrected chi connectivity index (χ2v) is 11.3. The Morgan fingerprint density at radius 3 is 2.52 bits per heavy atom. The molecule has 1 aromatic heterocycles. The van der Waals surface area contributed by atoms with Gasteiger partial charge in [-0.1, -0.05) is 33.3 Å². The molecule has 12 nitrogen and oxygen atoms in total. The van der Waals surface area contributed by atoms with Gasteiger partial charge in [-0.15, -0.1) is 0 Å². The van der Waals surface area contributed by atoms with Crippen LogP contribution in [0.15, 0.2) is 27.8 Å². The van der Waals surface area contributed by atoms with E-state index in [9.17, 15) is 19.2 Å². The van der Waals surface area contributed by atoms with Crippen LogP contribution >= 0.6 is 0 Å². The summed E-state index contributed by atoms with van der Waals surface area (Å²) in [5.41, 5.74) is -1.73. The Morgan fingerprint density at radius 2 is 1.93 bits per heavy atom. The Kier molecular flexibility index (Phi) is 11.4. The van der Waals surface area contributed by atoms with Gasteiger partial charge in [-0.3, -0.25) is 9.59 Å². The monoisotopic (exact) mass is 562 g/mol. The molecule has 1 aromatic rings. The molecule has 222 valence electrons. The minimum atomic E-state index is -1.34. The van der Waals surface area contributed by atoms with Crippen molar-refractivity contribution in [3.63, 3.8) is 0 Å². The van der Waals surface area contributed by atoms with Crippen LogP contribution in [0.3, 0.4) is 0 Å². The van der Waals surface area contributed by atoms with Crippen molar-refractivity contribution >= 4 is 29.7 Å². The number of ketones is 1. The number of rotatable bonds is 13. The first kappa shape index (κ1) is 32.5. The fourth-order valence-corrected chi connectivity index (χ4v) is 3.56. The molecule has 0 aromatic carbocycles. The van der Waals surface area contributed by atoms with Crippen LogP contribution in [0.5, 0.6) is 0 Å². The molecule has 1 unspecified atom stereocenters. The molecule has 2 rings (SSSR count). The third-order valence-electron chi connectivity index (χ3n) is 5.65. The molecule has 0 spiro atoms. The summed E-state index contributed by atoms with van der Waals surface area (Å²) < 4.78 is 21.8. The normalized spacial score (nSPS) is 18.6. The molecule has 2 heterocycles. The second-order valence-electron chi connectivity index (χ2n) is 11.3. The third kappa shape index (κ3) is 10.1. The standard InChI is InChI=1S/C28H42N4O8/c1-9-10-11-12-19(13-18(4)33)39-24(34)22(17(2)3)31-25(35)28(8)16-38-23(32-28)20-15-37-21(30-20)14-29-26(36)40-27(5,6)7/h11-12,15,17,19,22H,9-10,13-14,16H2,1-8H3,(H,29,36)(H,31,35)/b12-11+/t19?,22-,28-/m0/s1. The van der Waals surface area contributed by atoms with Crippen LogP contribution in [0.2, 0.25) is 0 Å². The Morgan fingerprint density at radius 1 is 1.23 bits per heavy atom. The third-order valence-corrected chi connectivity index (χ3v) is 5.65. The highest BCUT2D eigenvalue weighted by Gasteiger charge is 2.42. The number of hydrogen-bond donors (Lipinski definition) is 2. The number of hydrogen-bond acceptors (Lipinski definition) is 10. The van der Waals surface area contributed by atoms with E-state index in [4.69, 9.17) is 18.6 Å². The van der Waals surface area contributed by atoms with Crippen LogP contribution in [-0.4, -0.2) is 64.5 Å². The van der Waals surface area contributed by atoms with Crippen molar-refractivity contribution in [3.05, 3.63) is 30.0 Å². The number of alkyl carbamates (subject to hydrolysis) is 1. The molecule has 1 aliphatic rings. The number of Topliss-reactive ketones (excluding diaryl/α,β-unsaturated/α-hetero) is 1. The second kappa shape index (κ2) is 14.1. The maximum Gasteiger partial charge on any atom is 0.408 e. The van der Waals surface area contributed by atoms with E-state index in [1.165, 1.54) is 13.2 Å². The van der Waals surface area contributed by atoms with E-state index >= 15 is 0 Å². The van der Waals surface area contributed by atoms with E-state index in [-0.39, 0.29) is 48.8 Å². The number of oxazole rings is 1. The molecule has 3 atom stereocenters. The zero-order chi connectivity index (χ0) is 30.1. The first-order chi connectivity index (χ1) is 18.6. The van der Waals surface area contributed by atoms with Crippen molar-refractivity contribution in [2.24, 2.45) is 10.9 Å². The number of nitrogens with one attached hydrogen (secondary N) is 2. The molecular formula is C28H42N4O8. The van der Waals surface area contributed by atoms with Crippen LogP contribution < -0.4 is 10.6 Å². The van der Waals surface area contributed by atoms with Crippen molar-refractivity contribution in [3.8, 4) is 0 Å². The van der Waals surface area contributed by atoms with E-state index in [0.717, 1.165) is 12.8 Å². The number of amides is 2. The minimum absolute atomic E-state index is 0.0175. The topological polar surface area (TPSA) is 158 Å². The van der Waals surface area contributed by atoms with Gasteiger partial charge in [0.2, 0.25) is 11.8 Å². The van der Waals surface area contributed by atoms with Gasteiger partial charge >= 0.3 is 12.1 Å². The molecule has 0 radical (unpaired) electrons. The average molecular weight is 563 g/mol. The number of ether oxygens (including phenoxy) is 3. The molecule has 40 heavy (non-hydrogen) atoms. The molecule has 0 saturated carbocycles. The van der Waals surface area contributed by atoms with E-state index in [1.807, 2.05) is 13.0 Å². The Hall–Kier alpha value is -3.70. The number of carbonyl (C=O) groups is 4. The van der Waals surface area contributed by atoms with Gasteiger partial charge in [0.05, 0.1) is 6.54 Å². The highest BCUT2D eigenvalue weighted by Crippen LogP contribution is 2.23. The smallest absolute Gasteiger partial charge is 0.408 e. The number of nitrogens with zero attached hydrogens (tertiary/aromatic N) is 2. The molecule has 2 amide bonds. The summed E-state index contributed by atoms with van der Waals surface area (Å²) in [7, 11) is 0. The number of carbonyl (C=O) groups excluding carboxylic acids is 4. The van der Waals surface area contributed by atoms with Gasteiger partial charge in [0, 0.05) is 6.42 Å². The first-order valence-corrected chi connectivity index (χ1v) is 13.5. The Bertz CT molecular complexity index is 1120. The summed E-state index contributed by atoms with van der Waals surface area (Å²) in [6, 6.07) is -0.963. The quantitative estimate of drug-likeness (QED) is 0.270. The fourth-order valence-electron chi connectivity index (χ4n) is 3.56. The molecule has 12 heteroatoms. The summed E-state index contributed by atoms with van der Waals surface area (Å²) in [4.78, 5) is 58.5. The van der Waals surface area contributed by atoms with Crippen molar-refractivity contribution in [1.82, 2.24) is 15.6 Å². The average Bonchev–Trinajstić information content (AvgIpc) is 3.47. The number of unbranched alkanes of at least 4 members (excludes halogenated alkanes) is 1.